The monoisotopic (exact) mass is 366 g/mol. The summed E-state index contributed by atoms with van der Waals surface area (Å²) in [6.07, 6.45) is 2.19. The van der Waals surface area contributed by atoms with Crippen LogP contribution in [0.25, 0.3) is 10.2 Å². The molecule has 1 aromatic heterocycles. The Labute approximate surface area is 157 Å². The third-order valence-corrected chi connectivity index (χ3v) is 5.58. The van der Waals surface area contributed by atoms with Crippen LogP contribution >= 0.6 is 11.3 Å². The van der Waals surface area contributed by atoms with Gasteiger partial charge < -0.3 is 9.64 Å². The van der Waals surface area contributed by atoms with Gasteiger partial charge in [0.25, 0.3) is 0 Å². The molecule has 0 saturated heterocycles. The standard InChI is InChI=1S/C21H22N2O2S/c1-15-6-8-16(9-7-15)12-23(17-10-11-17)21(24)14-25-13-20-22-18-4-2-3-5-19(18)26-20/h2-9,17H,10-14H2,1H3. The number of para-hydroxylation sites is 1. The number of ether oxygens (including phenoxy) is 1. The van der Waals surface area contributed by atoms with Gasteiger partial charge in [-0.1, -0.05) is 42.0 Å². The molecule has 0 aliphatic heterocycles. The van der Waals surface area contributed by atoms with E-state index in [-0.39, 0.29) is 12.5 Å². The predicted molar refractivity (Wildman–Crippen MR) is 104 cm³/mol. The molecule has 0 unspecified atom stereocenters. The molecule has 4 rings (SSSR count). The van der Waals surface area contributed by atoms with Gasteiger partial charge in [0.15, 0.2) is 0 Å². The Hall–Kier alpha value is -2.24. The molecule has 134 valence electrons. The first-order chi connectivity index (χ1) is 12.7. The first-order valence-electron chi connectivity index (χ1n) is 8.96. The van der Waals surface area contributed by atoms with E-state index in [2.05, 4.69) is 42.2 Å². The van der Waals surface area contributed by atoms with Gasteiger partial charge in [0, 0.05) is 12.6 Å². The quantitative estimate of drug-likeness (QED) is 0.626. The molecule has 5 heteroatoms. The maximum absolute atomic E-state index is 12.6. The number of carbonyl (C=O) groups excluding carboxylic acids is 1. The minimum atomic E-state index is 0.0641. The Kier molecular flexibility index (Phi) is 5.00. The van der Waals surface area contributed by atoms with Crippen molar-refractivity contribution in [3.05, 3.63) is 64.7 Å². The zero-order chi connectivity index (χ0) is 17.9. The third kappa shape index (κ3) is 4.11. The molecule has 1 fully saturated rings. The van der Waals surface area contributed by atoms with Crippen LogP contribution in [0.1, 0.15) is 29.0 Å². The minimum absolute atomic E-state index is 0.0641. The van der Waals surface area contributed by atoms with Gasteiger partial charge >= 0.3 is 0 Å². The van der Waals surface area contributed by atoms with Gasteiger partial charge in [0.05, 0.1) is 16.8 Å². The number of thiazole rings is 1. The largest absolute Gasteiger partial charge is 0.364 e. The number of hydrogen-bond acceptors (Lipinski definition) is 4. The molecule has 1 amide bonds. The number of carbonyl (C=O) groups is 1. The van der Waals surface area contributed by atoms with Crippen molar-refractivity contribution in [2.75, 3.05) is 6.61 Å². The number of nitrogens with zero attached hydrogens (tertiary/aromatic N) is 2. The smallest absolute Gasteiger partial charge is 0.249 e. The lowest BCUT2D eigenvalue weighted by molar-refractivity contribution is -0.137. The predicted octanol–water partition coefficient (Wildman–Crippen LogP) is 4.31. The van der Waals surface area contributed by atoms with Crippen LogP contribution in [0.5, 0.6) is 0 Å². The van der Waals surface area contributed by atoms with Crippen LogP contribution < -0.4 is 0 Å². The van der Waals surface area contributed by atoms with Gasteiger partial charge in [0.2, 0.25) is 5.91 Å². The molecular weight excluding hydrogens is 344 g/mol. The molecule has 1 saturated carbocycles. The number of benzene rings is 2. The fourth-order valence-corrected chi connectivity index (χ4v) is 3.89. The van der Waals surface area contributed by atoms with Crippen LogP contribution in [0.4, 0.5) is 0 Å². The third-order valence-electron chi connectivity index (χ3n) is 4.57. The number of rotatable bonds is 7. The Morgan fingerprint density at radius 2 is 1.96 bits per heavy atom. The molecule has 26 heavy (non-hydrogen) atoms. The van der Waals surface area contributed by atoms with Crippen molar-refractivity contribution in [1.29, 1.82) is 0 Å². The maximum atomic E-state index is 12.6. The zero-order valence-corrected chi connectivity index (χ0v) is 15.7. The van der Waals surface area contributed by atoms with Gasteiger partial charge in [-0.2, -0.15) is 0 Å². The summed E-state index contributed by atoms with van der Waals surface area (Å²) in [5.74, 6) is 0.0641. The van der Waals surface area contributed by atoms with Gasteiger partial charge in [-0.25, -0.2) is 4.98 Å². The highest BCUT2D eigenvalue weighted by Gasteiger charge is 2.32. The highest BCUT2D eigenvalue weighted by atomic mass is 32.1. The lowest BCUT2D eigenvalue weighted by Gasteiger charge is -2.22. The molecule has 1 aliphatic rings. The lowest BCUT2D eigenvalue weighted by atomic mass is 10.1. The normalized spacial score (nSPS) is 13.9. The first kappa shape index (κ1) is 17.2. The van der Waals surface area contributed by atoms with Crippen molar-refractivity contribution in [3.63, 3.8) is 0 Å². The summed E-state index contributed by atoms with van der Waals surface area (Å²) < 4.78 is 6.83. The van der Waals surface area contributed by atoms with E-state index in [1.165, 1.54) is 11.1 Å². The van der Waals surface area contributed by atoms with Gasteiger partial charge in [-0.05, 0) is 37.5 Å². The Morgan fingerprint density at radius 1 is 1.19 bits per heavy atom. The summed E-state index contributed by atoms with van der Waals surface area (Å²) in [6, 6.07) is 16.8. The summed E-state index contributed by atoms with van der Waals surface area (Å²) in [7, 11) is 0. The van der Waals surface area contributed by atoms with Crippen LogP contribution in [0.2, 0.25) is 0 Å². The van der Waals surface area contributed by atoms with Crippen LogP contribution in [0, 0.1) is 6.92 Å². The van der Waals surface area contributed by atoms with Crippen LogP contribution in [0.3, 0.4) is 0 Å². The van der Waals surface area contributed by atoms with E-state index in [9.17, 15) is 4.79 Å². The first-order valence-corrected chi connectivity index (χ1v) is 9.78. The summed E-state index contributed by atoms with van der Waals surface area (Å²) in [5.41, 5.74) is 3.39. The molecule has 0 radical (unpaired) electrons. The zero-order valence-electron chi connectivity index (χ0n) is 14.9. The summed E-state index contributed by atoms with van der Waals surface area (Å²) in [5, 5.41) is 0.913. The van der Waals surface area contributed by atoms with E-state index < -0.39 is 0 Å². The SMILES string of the molecule is Cc1ccc(CN(C(=O)COCc2nc3ccccc3s2)C2CC2)cc1. The second-order valence-electron chi connectivity index (χ2n) is 6.81. The van der Waals surface area contributed by atoms with Gasteiger partial charge in [-0.3, -0.25) is 4.79 Å². The van der Waals surface area contributed by atoms with E-state index in [0.717, 1.165) is 28.1 Å². The summed E-state index contributed by atoms with van der Waals surface area (Å²) >= 11 is 1.62. The highest BCUT2D eigenvalue weighted by Crippen LogP contribution is 2.29. The molecule has 0 spiro atoms. The maximum Gasteiger partial charge on any atom is 0.249 e. The van der Waals surface area contributed by atoms with E-state index in [0.29, 0.717) is 19.2 Å². The number of amides is 1. The molecule has 0 atom stereocenters. The second-order valence-corrected chi connectivity index (χ2v) is 7.92. The molecular formula is C21H22N2O2S. The van der Waals surface area contributed by atoms with Crippen LogP contribution in [0.15, 0.2) is 48.5 Å². The van der Waals surface area contributed by atoms with E-state index in [1.54, 1.807) is 11.3 Å². The molecule has 0 bridgehead atoms. The average molecular weight is 366 g/mol. The van der Waals surface area contributed by atoms with Crippen molar-refractivity contribution in [3.8, 4) is 0 Å². The topological polar surface area (TPSA) is 42.4 Å². The Morgan fingerprint density at radius 3 is 2.69 bits per heavy atom. The molecule has 1 heterocycles. The molecule has 3 aromatic rings. The summed E-state index contributed by atoms with van der Waals surface area (Å²) in [6.45, 7) is 3.23. The van der Waals surface area contributed by atoms with Gasteiger partial charge in [-0.15, -0.1) is 11.3 Å². The number of aryl methyl sites for hydroxylation is 1. The average Bonchev–Trinajstić information content (AvgIpc) is 3.40. The summed E-state index contributed by atoms with van der Waals surface area (Å²) in [4.78, 5) is 19.2. The van der Waals surface area contributed by atoms with Crippen molar-refractivity contribution in [2.24, 2.45) is 0 Å². The van der Waals surface area contributed by atoms with Crippen molar-refractivity contribution in [1.82, 2.24) is 9.88 Å². The van der Waals surface area contributed by atoms with Crippen LogP contribution in [-0.4, -0.2) is 28.4 Å². The minimum Gasteiger partial charge on any atom is -0.364 e. The second kappa shape index (κ2) is 7.56. The van der Waals surface area contributed by atoms with Crippen molar-refractivity contribution >= 4 is 27.5 Å². The molecule has 2 aromatic carbocycles. The fourth-order valence-electron chi connectivity index (χ4n) is 2.99. The van der Waals surface area contributed by atoms with Crippen molar-refractivity contribution < 1.29 is 9.53 Å². The highest BCUT2D eigenvalue weighted by molar-refractivity contribution is 7.18. The Bertz CT molecular complexity index is 867. The van der Waals surface area contributed by atoms with Crippen LogP contribution in [-0.2, 0) is 22.7 Å². The number of fused-ring (bicyclic) bond motifs is 1. The molecule has 0 N–H and O–H groups in total. The fraction of sp³-hybridized carbons (Fsp3) is 0.333. The number of aromatic nitrogens is 1. The van der Waals surface area contributed by atoms with E-state index in [1.807, 2.05) is 23.1 Å². The lowest BCUT2D eigenvalue weighted by Crippen LogP contribution is -2.35. The van der Waals surface area contributed by atoms with E-state index >= 15 is 0 Å². The van der Waals surface area contributed by atoms with E-state index in [4.69, 9.17) is 4.74 Å². The molecule has 4 nitrogen and oxygen atoms in total. The Balaban J connectivity index is 1.33. The molecule has 1 aliphatic carbocycles. The van der Waals surface area contributed by atoms with Gasteiger partial charge in [0.1, 0.15) is 11.6 Å². The van der Waals surface area contributed by atoms with Crippen molar-refractivity contribution in [2.45, 2.75) is 39.0 Å². The number of hydrogen-bond donors (Lipinski definition) is 0.